The van der Waals surface area contributed by atoms with Crippen LogP contribution >= 0.6 is 11.3 Å². The van der Waals surface area contributed by atoms with Gasteiger partial charge < -0.3 is 15.7 Å². The summed E-state index contributed by atoms with van der Waals surface area (Å²) in [6.45, 7) is 3.73. The Balaban J connectivity index is 1.48. The first-order valence-corrected chi connectivity index (χ1v) is 12.5. The van der Waals surface area contributed by atoms with Crippen LogP contribution in [0, 0.1) is 18.6 Å². The van der Waals surface area contributed by atoms with Crippen LogP contribution in [0.4, 0.5) is 8.78 Å². The molecule has 7 heteroatoms. The van der Waals surface area contributed by atoms with E-state index in [9.17, 15) is 18.7 Å². The monoisotopic (exact) mass is 484 g/mol. The minimum atomic E-state index is -0.928. The second kappa shape index (κ2) is 10.8. The molecule has 0 saturated heterocycles. The highest BCUT2D eigenvalue weighted by Crippen LogP contribution is 2.35. The van der Waals surface area contributed by atoms with E-state index in [0.717, 1.165) is 25.3 Å². The summed E-state index contributed by atoms with van der Waals surface area (Å²) in [6, 6.07) is 9.29. The number of carbonyl (C=O) groups is 1. The molecule has 1 heterocycles. The van der Waals surface area contributed by atoms with Crippen molar-refractivity contribution >= 4 is 17.2 Å². The maximum absolute atomic E-state index is 13.6. The van der Waals surface area contributed by atoms with Crippen molar-refractivity contribution in [2.45, 2.75) is 57.7 Å². The van der Waals surface area contributed by atoms with Gasteiger partial charge in [-0.25, -0.2) is 8.78 Å². The second-order valence-corrected chi connectivity index (χ2v) is 9.83. The molecule has 0 fully saturated rings. The number of nitrogens with one attached hydrogen (secondary N) is 2. The minimum Gasteiger partial charge on any atom is -0.390 e. The van der Waals surface area contributed by atoms with Crippen LogP contribution in [0.2, 0.25) is 0 Å². The van der Waals surface area contributed by atoms with Crippen molar-refractivity contribution < 1.29 is 18.7 Å². The van der Waals surface area contributed by atoms with E-state index in [1.807, 2.05) is 0 Å². The van der Waals surface area contributed by atoms with Gasteiger partial charge in [0.25, 0.3) is 0 Å². The highest BCUT2D eigenvalue weighted by atomic mass is 32.1. The SMILES string of the molecule is CC(=O)N[C@@H](Cc1cc(F)cc(F)c1)[C@H](O)CNC1CCCc2ccc(-c3cscc3C)cc21. The van der Waals surface area contributed by atoms with Gasteiger partial charge in [0.15, 0.2) is 0 Å². The van der Waals surface area contributed by atoms with Gasteiger partial charge in [-0.05, 0) is 94.9 Å². The summed E-state index contributed by atoms with van der Waals surface area (Å²) in [5.41, 5.74) is 6.62. The van der Waals surface area contributed by atoms with Gasteiger partial charge in [0, 0.05) is 25.6 Å². The molecule has 0 radical (unpaired) electrons. The number of benzene rings is 2. The lowest BCUT2D eigenvalue weighted by molar-refractivity contribution is -0.120. The van der Waals surface area contributed by atoms with E-state index in [1.54, 1.807) is 11.3 Å². The molecule has 2 aromatic carbocycles. The van der Waals surface area contributed by atoms with Crippen LogP contribution in [-0.2, 0) is 17.6 Å². The normalized spacial score (nSPS) is 17.1. The molecule has 1 aliphatic rings. The number of amides is 1. The zero-order valence-corrected chi connectivity index (χ0v) is 20.2. The van der Waals surface area contributed by atoms with Crippen LogP contribution in [-0.4, -0.2) is 29.7 Å². The summed E-state index contributed by atoms with van der Waals surface area (Å²) in [6.07, 6.45) is 2.22. The van der Waals surface area contributed by atoms with Crippen LogP contribution in [0.25, 0.3) is 11.1 Å². The average molecular weight is 485 g/mol. The van der Waals surface area contributed by atoms with Crippen molar-refractivity contribution in [1.29, 1.82) is 0 Å². The Labute approximate surface area is 203 Å². The molecule has 0 spiro atoms. The number of hydrogen-bond acceptors (Lipinski definition) is 4. The van der Waals surface area contributed by atoms with Crippen molar-refractivity contribution in [3.8, 4) is 11.1 Å². The molecular formula is C27H30F2N2O2S. The van der Waals surface area contributed by atoms with E-state index in [2.05, 4.69) is 46.5 Å². The van der Waals surface area contributed by atoms with Crippen molar-refractivity contribution in [1.82, 2.24) is 10.6 Å². The Morgan fingerprint density at radius 3 is 2.62 bits per heavy atom. The van der Waals surface area contributed by atoms with E-state index in [-0.39, 0.29) is 24.9 Å². The third-order valence-electron chi connectivity index (χ3n) is 6.43. The number of fused-ring (bicyclic) bond motifs is 1. The van der Waals surface area contributed by atoms with Crippen LogP contribution < -0.4 is 10.6 Å². The van der Waals surface area contributed by atoms with Crippen LogP contribution in [0.1, 0.15) is 48.1 Å². The van der Waals surface area contributed by atoms with Crippen molar-refractivity contribution in [3.05, 3.63) is 81.0 Å². The molecule has 3 aromatic rings. The van der Waals surface area contributed by atoms with E-state index in [0.29, 0.717) is 5.56 Å². The minimum absolute atomic E-state index is 0.0851. The average Bonchev–Trinajstić information content (AvgIpc) is 3.21. The van der Waals surface area contributed by atoms with Crippen molar-refractivity contribution in [3.63, 3.8) is 0 Å². The molecule has 0 saturated carbocycles. The summed E-state index contributed by atoms with van der Waals surface area (Å²) in [5, 5.41) is 21.4. The van der Waals surface area contributed by atoms with Crippen LogP contribution in [0.15, 0.2) is 47.2 Å². The standard InChI is InChI=1S/C27H30F2N2O2S/c1-16-14-34-15-24(16)20-7-6-19-4-3-5-25(23(19)11-20)30-13-27(33)26(31-17(2)32)10-18-8-21(28)12-22(29)9-18/h6-9,11-12,14-15,25-27,30,33H,3-5,10,13H2,1-2H3,(H,31,32)/t25?,26-,27+/m0/s1. The molecule has 0 aliphatic heterocycles. The zero-order valence-electron chi connectivity index (χ0n) is 19.4. The summed E-state index contributed by atoms with van der Waals surface area (Å²) in [7, 11) is 0. The summed E-state index contributed by atoms with van der Waals surface area (Å²) in [4.78, 5) is 11.7. The summed E-state index contributed by atoms with van der Waals surface area (Å²) >= 11 is 1.69. The Morgan fingerprint density at radius 2 is 1.94 bits per heavy atom. The van der Waals surface area contributed by atoms with Gasteiger partial charge in [0.2, 0.25) is 5.91 Å². The molecule has 1 aromatic heterocycles. The first-order valence-electron chi connectivity index (χ1n) is 11.6. The number of halogens is 2. The maximum atomic E-state index is 13.6. The largest absolute Gasteiger partial charge is 0.390 e. The topological polar surface area (TPSA) is 61.4 Å². The Kier molecular flexibility index (Phi) is 7.76. The second-order valence-electron chi connectivity index (χ2n) is 9.09. The third kappa shape index (κ3) is 5.90. The molecule has 34 heavy (non-hydrogen) atoms. The Hall–Kier alpha value is -2.61. The molecule has 180 valence electrons. The van der Waals surface area contributed by atoms with Gasteiger partial charge in [0.1, 0.15) is 11.6 Å². The Bertz CT molecular complexity index is 1140. The predicted octanol–water partition coefficient (Wildman–Crippen LogP) is 5.08. The number of rotatable bonds is 8. The first kappa shape index (κ1) is 24.5. The number of hydrogen-bond donors (Lipinski definition) is 3. The number of carbonyl (C=O) groups excluding carboxylic acids is 1. The van der Waals surface area contributed by atoms with Gasteiger partial charge >= 0.3 is 0 Å². The van der Waals surface area contributed by atoms with Gasteiger partial charge in [0.05, 0.1) is 12.1 Å². The molecule has 4 rings (SSSR count). The van der Waals surface area contributed by atoms with Crippen LogP contribution in [0.3, 0.4) is 0 Å². The lowest BCUT2D eigenvalue weighted by atomic mass is 9.85. The first-order chi connectivity index (χ1) is 16.3. The fraction of sp³-hybridized carbons (Fsp3) is 0.370. The lowest BCUT2D eigenvalue weighted by Gasteiger charge is -2.30. The highest BCUT2D eigenvalue weighted by molar-refractivity contribution is 7.08. The van der Waals surface area contributed by atoms with Gasteiger partial charge in [-0.2, -0.15) is 11.3 Å². The molecule has 3 N–H and O–H groups in total. The number of aliphatic hydroxyl groups is 1. The number of aliphatic hydroxyl groups excluding tert-OH is 1. The van der Waals surface area contributed by atoms with Gasteiger partial charge in [-0.1, -0.05) is 12.1 Å². The zero-order chi connectivity index (χ0) is 24.2. The van der Waals surface area contributed by atoms with E-state index in [1.165, 1.54) is 46.9 Å². The van der Waals surface area contributed by atoms with E-state index < -0.39 is 23.8 Å². The quantitative estimate of drug-likeness (QED) is 0.418. The highest BCUT2D eigenvalue weighted by Gasteiger charge is 2.25. The molecule has 1 amide bonds. The van der Waals surface area contributed by atoms with Gasteiger partial charge in [-0.3, -0.25) is 4.79 Å². The third-order valence-corrected chi connectivity index (χ3v) is 7.29. The van der Waals surface area contributed by atoms with Crippen molar-refractivity contribution in [2.24, 2.45) is 0 Å². The molecule has 0 bridgehead atoms. The molecule has 3 atom stereocenters. The van der Waals surface area contributed by atoms with Gasteiger partial charge in [-0.15, -0.1) is 0 Å². The Morgan fingerprint density at radius 1 is 1.18 bits per heavy atom. The predicted molar refractivity (Wildman–Crippen MR) is 132 cm³/mol. The summed E-state index contributed by atoms with van der Waals surface area (Å²) < 4.78 is 27.3. The van der Waals surface area contributed by atoms with Crippen molar-refractivity contribution in [2.75, 3.05) is 6.54 Å². The smallest absolute Gasteiger partial charge is 0.217 e. The molecule has 1 aliphatic carbocycles. The maximum Gasteiger partial charge on any atom is 0.217 e. The lowest BCUT2D eigenvalue weighted by Crippen LogP contribution is -2.48. The molecule has 4 nitrogen and oxygen atoms in total. The van der Waals surface area contributed by atoms with Crippen LogP contribution in [0.5, 0.6) is 0 Å². The fourth-order valence-electron chi connectivity index (χ4n) is 4.77. The van der Waals surface area contributed by atoms with E-state index >= 15 is 0 Å². The molecule has 1 unspecified atom stereocenters. The number of aryl methyl sites for hydroxylation is 2. The summed E-state index contributed by atoms with van der Waals surface area (Å²) in [5.74, 6) is -1.67. The number of thiophene rings is 1. The fourth-order valence-corrected chi connectivity index (χ4v) is 5.62. The van der Waals surface area contributed by atoms with E-state index in [4.69, 9.17) is 0 Å². The molecular weight excluding hydrogens is 454 g/mol.